The number of halogens is 6. The van der Waals surface area contributed by atoms with Crippen molar-refractivity contribution < 1.29 is 35.2 Å². The van der Waals surface area contributed by atoms with Crippen LogP contribution in [0.4, 0.5) is 26.3 Å². The molecule has 0 amide bonds. The van der Waals surface area contributed by atoms with Crippen molar-refractivity contribution in [3.05, 3.63) is 34.9 Å². The van der Waals surface area contributed by atoms with Gasteiger partial charge in [0.05, 0.1) is 11.1 Å². The molecule has 0 unspecified atom stereocenters. The third kappa shape index (κ3) is 7.28. The molecule has 2 nitrogen and oxygen atoms in total. The summed E-state index contributed by atoms with van der Waals surface area (Å²) in [5.74, 6) is 0. The molecule has 1 aromatic rings. The normalized spacial score (nSPS) is 13.3. The van der Waals surface area contributed by atoms with Crippen LogP contribution in [0.5, 0.6) is 0 Å². The maximum atomic E-state index is 12.8. The first-order valence-corrected chi connectivity index (χ1v) is 10.8. The lowest BCUT2D eigenvalue weighted by atomic mass is 10.00. The van der Waals surface area contributed by atoms with Crippen molar-refractivity contribution in [2.45, 2.75) is 57.0 Å². The number of aryl methyl sites for hydroxylation is 1. The first-order valence-electron chi connectivity index (χ1n) is 8.30. The molecule has 0 N–H and O–H groups in total. The van der Waals surface area contributed by atoms with E-state index in [0.717, 1.165) is 37.4 Å². The zero-order chi connectivity index (χ0) is 20.0. The van der Waals surface area contributed by atoms with Crippen LogP contribution >= 0.6 is 0 Å². The zero-order valence-electron chi connectivity index (χ0n) is 15.1. The van der Waals surface area contributed by atoms with Gasteiger partial charge in [-0.1, -0.05) is 19.3 Å². The third-order valence-electron chi connectivity index (χ3n) is 4.36. The fraction of sp³-hybridized carbons (Fsp3) is 0.647. The van der Waals surface area contributed by atoms with E-state index in [9.17, 15) is 26.3 Å². The predicted octanol–water partition coefficient (Wildman–Crippen LogP) is 6.19. The Bertz CT molecular complexity index is 535. The quantitative estimate of drug-likeness (QED) is 0.278. The van der Waals surface area contributed by atoms with E-state index in [1.807, 2.05) is 6.55 Å². The summed E-state index contributed by atoms with van der Waals surface area (Å²) < 4.78 is 87.6. The van der Waals surface area contributed by atoms with Crippen molar-refractivity contribution in [1.82, 2.24) is 0 Å². The Hall–Kier alpha value is -1.06. The first-order chi connectivity index (χ1) is 11.9. The van der Waals surface area contributed by atoms with Gasteiger partial charge in [-0.15, -0.1) is 0 Å². The number of hydrogen-bond acceptors (Lipinski definition) is 2. The minimum absolute atomic E-state index is 0.0557. The van der Waals surface area contributed by atoms with Crippen LogP contribution in [0.25, 0.3) is 0 Å². The molecule has 1 rings (SSSR count). The molecule has 0 aromatic heterocycles. The first kappa shape index (κ1) is 23.0. The average molecular weight is 402 g/mol. The van der Waals surface area contributed by atoms with Gasteiger partial charge in [-0.25, -0.2) is 0 Å². The molecule has 26 heavy (non-hydrogen) atoms. The lowest BCUT2D eigenvalue weighted by Crippen LogP contribution is -2.35. The molecular weight excluding hydrogens is 378 g/mol. The molecule has 0 radical (unpaired) electrons. The summed E-state index contributed by atoms with van der Waals surface area (Å²) in [6.07, 6.45) is -6.51. The van der Waals surface area contributed by atoms with Crippen molar-refractivity contribution in [2.24, 2.45) is 0 Å². The van der Waals surface area contributed by atoms with Crippen LogP contribution in [0.2, 0.25) is 12.6 Å². The van der Waals surface area contributed by atoms with E-state index in [2.05, 4.69) is 0 Å². The summed E-state index contributed by atoms with van der Waals surface area (Å²) in [4.78, 5) is 0. The molecule has 0 aliphatic heterocycles. The number of alkyl halides is 6. The van der Waals surface area contributed by atoms with Crippen molar-refractivity contribution in [3.63, 3.8) is 0 Å². The Balaban J connectivity index is 2.62. The summed E-state index contributed by atoms with van der Waals surface area (Å²) in [6.45, 7) is 1.94. The highest BCUT2D eigenvalue weighted by molar-refractivity contribution is 6.65. The van der Waals surface area contributed by atoms with Gasteiger partial charge in [-0.05, 0) is 49.2 Å². The molecule has 0 bridgehead atoms. The average Bonchev–Trinajstić information content (AvgIpc) is 2.56. The van der Waals surface area contributed by atoms with Gasteiger partial charge in [0.15, 0.2) is 0 Å². The lowest BCUT2D eigenvalue weighted by Gasteiger charge is -2.22. The standard InChI is InChI=1S/C17H24F6O2Si/c1-24-26(3,25-2)9-7-5-4-6-8-13-10-14(16(18,19)20)12-15(11-13)17(21,22)23/h10-12H,4-9H2,1-3H3. The maximum absolute atomic E-state index is 12.8. The fourth-order valence-electron chi connectivity index (χ4n) is 2.58. The van der Waals surface area contributed by atoms with Gasteiger partial charge in [0.1, 0.15) is 0 Å². The summed E-state index contributed by atoms with van der Waals surface area (Å²) in [7, 11) is 1.07. The summed E-state index contributed by atoms with van der Waals surface area (Å²) in [6, 6.07) is 2.55. The molecular formula is C17H24F6O2Si. The Morgan fingerprint density at radius 1 is 0.769 bits per heavy atom. The molecule has 1 aromatic carbocycles. The van der Waals surface area contributed by atoms with E-state index < -0.39 is 32.0 Å². The summed E-state index contributed by atoms with van der Waals surface area (Å²) in [5, 5.41) is 0. The minimum atomic E-state index is -4.80. The van der Waals surface area contributed by atoms with Crippen LogP contribution in [0.15, 0.2) is 18.2 Å². The third-order valence-corrected chi connectivity index (χ3v) is 7.35. The van der Waals surface area contributed by atoms with Gasteiger partial charge >= 0.3 is 20.9 Å². The van der Waals surface area contributed by atoms with Crippen LogP contribution in [0.1, 0.15) is 42.4 Å². The van der Waals surface area contributed by atoms with E-state index >= 15 is 0 Å². The molecule has 0 heterocycles. The smallest absolute Gasteiger partial charge is 0.398 e. The van der Waals surface area contributed by atoms with Gasteiger partial charge in [0.25, 0.3) is 0 Å². The van der Waals surface area contributed by atoms with E-state index in [1.54, 1.807) is 14.2 Å². The van der Waals surface area contributed by atoms with Crippen molar-refractivity contribution in [3.8, 4) is 0 Å². The maximum Gasteiger partial charge on any atom is 0.416 e. The van der Waals surface area contributed by atoms with Crippen molar-refractivity contribution in [1.29, 1.82) is 0 Å². The van der Waals surface area contributed by atoms with Gasteiger partial charge in [-0.3, -0.25) is 0 Å². The molecule has 150 valence electrons. The van der Waals surface area contributed by atoms with Crippen LogP contribution < -0.4 is 0 Å². The topological polar surface area (TPSA) is 18.5 Å². The van der Waals surface area contributed by atoms with E-state index in [4.69, 9.17) is 8.85 Å². The van der Waals surface area contributed by atoms with E-state index in [-0.39, 0.29) is 18.1 Å². The Morgan fingerprint density at radius 3 is 1.65 bits per heavy atom. The summed E-state index contributed by atoms with van der Waals surface area (Å²) >= 11 is 0. The lowest BCUT2D eigenvalue weighted by molar-refractivity contribution is -0.143. The highest BCUT2D eigenvalue weighted by atomic mass is 28.4. The van der Waals surface area contributed by atoms with E-state index in [1.165, 1.54) is 0 Å². The molecule has 0 fully saturated rings. The number of benzene rings is 1. The molecule has 0 aliphatic carbocycles. The SMILES string of the molecule is CO[Si](C)(CCCCCCc1cc(C(F)(F)F)cc(C(F)(F)F)c1)OC. The molecule has 0 saturated carbocycles. The Labute approximate surface area is 150 Å². The fourth-order valence-corrected chi connectivity index (χ4v) is 4.05. The molecule has 0 aliphatic rings. The monoisotopic (exact) mass is 402 g/mol. The number of rotatable bonds is 9. The van der Waals surface area contributed by atoms with E-state index in [0.29, 0.717) is 6.42 Å². The second-order valence-electron chi connectivity index (χ2n) is 6.37. The summed E-state index contributed by atoms with van der Waals surface area (Å²) in [5.41, 5.74) is -2.46. The van der Waals surface area contributed by atoms with Crippen molar-refractivity contribution in [2.75, 3.05) is 14.2 Å². The number of hydrogen-bond donors (Lipinski definition) is 0. The molecule has 9 heteroatoms. The Kier molecular flexibility index (Phi) is 8.16. The van der Waals surface area contributed by atoms with Gasteiger partial charge in [0, 0.05) is 14.2 Å². The Morgan fingerprint density at radius 2 is 1.23 bits per heavy atom. The number of unbranched alkanes of at least 4 members (excludes halogenated alkanes) is 3. The zero-order valence-corrected chi connectivity index (χ0v) is 16.1. The van der Waals surface area contributed by atoms with Gasteiger partial charge < -0.3 is 8.85 Å². The largest absolute Gasteiger partial charge is 0.416 e. The second-order valence-corrected chi connectivity index (χ2v) is 9.95. The van der Waals surface area contributed by atoms with Crippen LogP contribution in [0.3, 0.4) is 0 Å². The van der Waals surface area contributed by atoms with Crippen molar-refractivity contribution >= 4 is 8.56 Å². The molecule has 0 saturated heterocycles. The highest BCUT2D eigenvalue weighted by Crippen LogP contribution is 2.36. The predicted molar refractivity (Wildman–Crippen MR) is 89.1 cm³/mol. The highest BCUT2D eigenvalue weighted by Gasteiger charge is 2.36. The van der Waals surface area contributed by atoms with Crippen LogP contribution in [-0.2, 0) is 27.6 Å². The van der Waals surface area contributed by atoms with Gasteiger partial charge in [0.2, 0.25) is 0 Å². The molecule has 0 spiro atoms. The minimum Gasteiger partial charge on any atom is -0.398 e. The van der Waals surface area contributed by atoms with Gasteiger partial charge in [-0.2, -0.15) is 26.3 Å². The van der Waals surface area contributed by atoms with Crippen LogP contribution in [0, 0.1) is 0 Å². The van der Waals surface area contributed by atoms with Crippen LogP contribution in [-0.4, -0.2) is 22.8 Å². The second kappa shape index (κ2) is 9.23. The molecule has 0 atom stereocenters.